The van der Waals surface area contributed by atoms with Crippen LogP contribution >= 0.6 is 0 Å². The van der Waals surface area contributed by atoms with E-state index in [0.717, 1.165) is 29.7 Å². The Labute approximate surface area is 138 Å². The molecule has 0 radical (unpaired) electrons. The van der Waals surface area contributed by atoms with E-state index in [-0.39, 0.29) is 5.91 Å². The van der Waals surface area contributed by atoms with Crippen molar-refractivity contribution in [1.82, 2.24) is 0 Å². The molecule has 23 heavy (non-hydrogen) atoms. The van der Waals surface area contributed by atoms with Crippen molar-refractivity contribution in [2.75, 3.05) is 29.9 Å². The highest BCUT2D eigenvalue weighted by Crippen LogP contribution is 2.41. The van der Waals surface area contributed by atoms with Crippen LogP contribution in [0.15, 0.2) is 30.3 Å². The lowest BCUT2D eigenvalue weighted by Gasteiger charge is -2.30. The van der Waals surface area contributed by atoms with Crippen LogP contribution < -0.4 is 9.80 Å². The van der Waals surface area contributed by atoms with Gasteiger partial charge in [-0.2, -0.15) is 0 Å². The summed E-state index contributed by atoms with van der Waals surface area (Å²) >= 11 is 0. The zero-order valence-corrected chi connectivity index (χ0v) is 14.8. The quantitative estimate of drug-likeness (QED) is 0.809. The Kier molecular flexibility index (Phi) is 4.05. The van der Waals surface area contributed by atoms with Gasteiger partial charge in [0, 0.05) is 42.2 Å². The molecule has 1 aliphatic heterocycles. The second-order valence-electron chi connectivity index (χ2n) is 7.39. The van der Waals surface area contributed by atoms with E-state index in [1.165, 1.54) is 11.1 Å². The van der Waals surface area contributed by atoms with E-state index in [9.17, 15) is 4.79 Å². The van der Waals surface area contributed by atoms with Crippen LogP contribution in [0.4, 0.5) is 11.4 Å². The zero-order chi connectivity index (χ0) is 16.7. The fraction of sp³-hybridized carbons (Fsp3) is 0.450. The third-order valence-electron chi connectivity index (χ3n) is 4.40. The summed E-state index contributed by atoms with van der Waals surface area (Å²) in [4.78, 5) is 16.7. The Bertz CT molecular complexity index is 739. The lowest BCUT2D eigenvalue weighted by Crippen LogP contribution is -2.31. The third kappa shape index (κ3) is 2.69. The molecule has 0 atom stereocenters. The lowest BCUT2D eigenvalue weighted by atomic mass is 10.0. The molecule has 2 aromatic carbocycles. The molecule has 122 valence electrons. The number of nitrogens with zero attached hydrogens (tertiary/aromatic N) is 2. The van der Waals surface area contributed by atoms with Crippen molar-refractivity contribution >= 4 is 28.1 Å². The Morgan fingerprint density at radius 2 is 1.65 bits per heavy atom. The van der Waals surface area contributed by atoms with E-state index in [2.05, 4.69) is 50.8 Å². The molecule has 0 spiro atoms. The molecule has 0 unspecified atom stereocenters. The number of benzene rings is 2. The Balaban J connectivity index is 2.17. The predicted octanol–water partition coefficient (Wildman–Crippen LogP) is 4.55. The highest BCUT2D eigenvalue weighted by Gasteiger charge is 2.28. The molecule has 1 amide bonds. The van der Waals surface area contributed by atoms with Crippen molar-refractivity contribution in [3.05, 3.63) is 35.9 Å². The van der Waals surface area contributed by atoms with Crippen LogP contribution in [0.5, 0.6) is 0 Å². The Hall–Kier alpha value is -2.03. The minimum atomic E-state index is 0.0991. The van der Waals surface area contributed by atoms with E-state index < -0.39 is 0 Å². The van der Waals surface area contributed by atoms with Gasteiger partial charge in [0.25, 0.3) is 5.91 Å². The van der Waals surface area contributed by atoms with Crippen molar-refractivity contribution in [2.45, 2.75) is 27.7 Å². The van der Waals surface area contributed by atoms with Gasteiger partial charge in [0.2, 0.25) is 0 Å². The summed E-state index contributed by atoms with van der Waals surface area (Å²) in [5, 5.41) is 2.30. The van der Waals surface area contributed by atoms with Crippen molar-refractivity contribution in [3.8, 4) is 0 Å². The molecule has 0 aromatic heterocycles. The van der Waals surface area contributed by atoms with Gasteiger partial charge in [-0.25, -0.2) is 0 Å². The van der Waals surface area contributed by atoms with Crippen LogP contribution in [-0.2, 0) is 0 Å². The van der Waals surface area contributed by atoms with Crippen molar-refractivity contribution in [1.29, 1.82) is 0 Å². The minimum absolute atomic E-state index is 0.0991. The van der Waals surface area contributed by atoms with Gasteiger partial charge in [-0.1, -0.05) is 39.8 Å². The summed E-state index contributed by atoms with van der Waals surface area (Å²) in [6.45, 7) is 11.1. The zero-order valence-electron chi connectivity index (χ0n) is 14.8. The normalized spacial score (nSPS) is 13.7. The summed E-state index contributed by atoms with van der Waals surface area (Å²) < 4.78 is 0. The molecule has 0 saturated heterocycles. The molecule has 1 heterocycles. The summed E-state index contributed by atoms with van der Waals surface area (Å²) in [6, 6.07) is 10.4. The average Bonchev–Trinajstić information content (AvgIpc) is 2.73. The van der Waals surface area contributed by atoms with Crippen LogP contribution in [0, 0.1) is 11.8 Å². The number of carbonyl (C=O) groups excluding carboxylic acids is 1. The van der Waals surface area contributed by atoms with Gasteiger partial charge in [0.1, 0.15) is 0 Å². The molecule has 2 aromatic rings. The molecule has 0 fully saturated rings. The predicted molar refractivity (Wildman–Crippen MR) is 98.6 cm³/mol. The maximum atomic E-state index is 12.4. The number of hydrogen-bond donors (Lipinski definition) is 0. The molecular formula is C20H26N2O. The van der Waals surface area contributed by atoms with Crippen LogP contribution in [0.25, 0.3) is 10.8 Å². The summed E-state index contributed by atoms with van der Waals surface area (Å²) in [5.74, 6) is 1.30. The first-order valence-electron chi connectivity index (χ1n) is 8.49. The SMILES string of the molecule is CC(C)CN(CC(C)C)c1ccc2c3c(cccc13)C(=O)N2C. The van der Waals surface area contributed by atoms with Gasteiger partial charge in [0.15, 0.2) is 0 Å². The first kappa shape index (κ1) is 15.9. The molecular weight excluding hydrogens is 284 g/mol. The lowest BCUT2D eigenvalue weighted by molar-refractivity contribution is 0.0999. The summed E-state index contributed by atoms with van der Waals surface area (Å²) in [7, 11) is 1.86. The molecule has 3 heteroatoms. The van der Waals surface area contributed by atoms with Gasteiger partial charge in [-0.3, -0.25) is 4.79 Å². The smallest absolute Gasteiger partial charge is 0.258 e. The van der Waals surface area contributed by atoms with Gasteiger partial charge < -0.3 is 9.80 Å². The van der Waals surface area contributed by atoms with Gasteiger partial charge in [-0.05, 0) is 30.0 Å². The number of carbonyl (C=O) groups is 1. The second kappa shape index (κ2) is 5.88. The molecule has 0 saturated carbocycles. The van der Waals surface area contributed by atoms with Gasteiger partial charge >= 0.3 is 0 Å². The van der Waals surface area contributed by atoms with Crippen LogP contribution in [0.1, 0.15) is 38.1 Å². The first-order chi connectivity index (χ1) is 10.9. The van der Waals surface area contributed by atoms with E-state index in [4.69, 9.17) is 0 Å². The van der Waals surface area contributed by atoms with Gasteiger partial charge in [-0.15, -0.1) is 0 Å². The van der Waals surface area contributed by atoms with Crippen LogP contribution in [0.2, 0.25) is 0 Å². The molecule has 0 aliphatic carbocycles. The summed E-state index contributed by atoms with van der Waals surface area (Å²) in [5.41, 5.74) is 3.10. The van der Waals surface area contributed by atoms with Crippen molar-refractivity contribution in [3.63, 3.8) is 0 Å². The largest absolute Gasteiger partial charge is 0.371 e. The minimum Gasteiger partial charge on any atom is -0.371 e. The highest BCUT2D eigenvalue weighted by atomic mass is 16.2. The van der Waals surface area contributed by atoms with E-state index in [1.54, 1.807) is 4.90 Å². The number of anilines is 2. The Morgan fingerprint density at radius 1 is 1.00 bits per heavy atom. The van der Waals surface area contributed by atoms with Gasteiger partial charge in [0.05, 0.1) is 5.69 Å². The van der Waals surface area contributed by atoms with Crippen LogP contribution in [-0.4, -0.2) is 26.0 Å². The molecule has 3 nitrogen and oxygen atoms in total. The van der Waals surface area contributed by atoms with Crippen molar-refractivity contribution < 1.29 is 4.79 Å². The molecule has 0 bridgehead atoms. The topological polar surface area (TPSA) is 23.6 Å². The maximum Gasteiger partial charge on any atom is 0.258 e. The van der Waals surface area contributed by atoms with E-state index >= 15 is 0 Å². The molecule has 0 N–H and O–H groups in total. The van der Waals surface area contributed by atoms with Crippen LogP contribution in [0.3, 0.4) is 0 Å². The number of hydrogen-bond acceptors (Lipinski definition) is 2. The first-order valence-corrected chi connectivity index (χ1v) is 8.49. The van der Waals surface area contributed by atoms with E-state index in [0.29, 0.717) is 11.8 Å². The fourth-order valence-electron chi connectivity index (χ4n) is 3.55. The highest BCUT2D eigenvalue weighted by molar-refractivity contribution is 6.26. The standard InChI is InChI=1S/C20H26N2O/c1-13(2)11-22(12-14(3)4)17-9-10-18-19-15(17)7-6-8-16(19)20(23)21(18)5/h6-10,13-14H,11-12H2,1-5H3. The number of amides is 1. The molecule has 1 aliphatic rings. The third-order valence-corrected chi connectivity index (χ3v) is 4.40. The van der Waals surface area contributed by atoms with Crippen molar-refractivity contribution in [2.24, 2.45) is 11.8 Å². The van der Waals surface area contributed by atoms with E-state index in [1.807, 2.05) is 19.2 Å². The summed E-state index contributed by atoms with van der Waals surface area (Å²) in [6.07, 6.45) is 0. The monoisotopic (exact) mass is 310 g/mol. The average molecular weight is 310 g/mol. The maximum absolute atomic E-state index is 12.4. The molecule has 3 rings (SSSR count). The second-order valence-corrected chi connectivity index (χ2v) is 7.39. The Morgan fingerprint density at radius 3 is 2.26 bits per heavy atom. The fourth-order valence-corrected chi connectivity index (χ4v) is 3.55. The number of rotatable bonds is 5.